The summed E-state index contributed by atoms with van der Waals surface area (Å²) in [4.78, 5) is 8.50. The quantitative estimate of drug-likeness (QED) is 0.781. The molecule has 0 aliphatic carbocycles. The van der Waals surface area contributed by atoms with E-state index in [0.717, 1.165) is 29.8 Å². The highest BCUT2D eigenvalue weighted by atomic mass is 19.1. The van der Waals surface area contributed by atoms with E-state index in [9.17, 15) is 4.39 Å². The van der Waals surface area contributed by atoms with E-state index < -0.39 is 0 Å². The van der Waals surface area contributed by atoms with E-state index in [-0.39, 0.29) is 16.6 Å². The van der Waals surface area contributed by atoms with Crippen molar-refractivity contribution in [2.45, 2.75) is 65.2 Å². The maximum atomic E-state index is 14.0. The van der Waals surface area contributed by atoms with Crippen LogP contribution in [0, 0.1) is 12.7 Å². The van der Waals surface area contributed by atoms with Crippen molar-refractivity contribution in [1.82, 2.24) is 9.97 Å². The highest BCUT2D eigenvalue weighted by Gasteiger charge is 2.24. The molecule has 124 valence electrons. The van der Waals surface area contributed by atoms with Crippen molar-refractivity contribution in [3.8, 4) is 0 Å². The first-order valence-corrected chi connectivity index (χ1v) is 8.18. The molecule has 0 aliphatic rings. The fraction of sp³-hybridized carbons (Fsp3) is 0.500. The Morgan fingerprint density at radius 3 is 2.39 bits per heavy atom. The van der Waals surface area contributed by atoms with Crippen molar-refractivity contribution >= 4 is 0 Å². The van der Waals surface area contributed by atoms with Crippen molar-refractivity contribution in [2.24, 2.45) is 0 Å². The molecule has 23 heavy (non-hydrogen) atoms. The highest BCUT2D eigenvalue weighted by molar-refractivity contribution is 5.28. The molecule has 0 amide bonds. The molecule has 0 fully saturated rings. The Balaban J connectivity index is 2.21. The molecule has 0 bridgehead atoms. The highest BCUT2D eigenvalue weighted by Crippen LogP contribution is 2.31. The molecular formula is C20H27FN2. The summed E-state index contributed by atoms with van der Waals surface area (Å²) in [5, 5.41) is 0. The van der Waals surface area contributed by atoms with E-state index in [2.05, 4.69) is 56.7 Å². The van der Waals surface area contributed by atoms with Gasteiger partial charge in [-0.3, -0.25) is 9.97 Å². The van der Waals surface area contributed by atoms with Crippen LogP contribution in [0.15, 0.2) is 30.6 Å². The lowest BCUT2D eigenvalue weighted by Gasteiger charge is -2.26. The zero-order valence-corrected chi connectivity index (χ0v) is 15.1. The number of pyridine rings is 2. The zero-order chi connectivity index (χ0) is 17.3. The SMILES string of the molecule is Cc1cc(C(C)(C)C)cc(CCC(C)(C)c2ccncc2F)n1. The van der Waals surface area contributed by atoms with E-state index in [4.69, 9.17) is 0 Å². The third-order valence-electron chi connectivity index (χ3n) is 4.38. The summed E-state index contributed by atoms with van der Waals surface area (Å²) in [5.74, 6) is -0.231. The number of nitrogens with zero attached hydrogens (tertiary/aromatic N) is 2. The van der Waals surface area contributed by atoms with E-state index in [1.807, 2.05) is 6.92 Å². The van der Waals surface area contributed by atoms with Gasteiger partial charge in [0.2, 0.25) is 0 Å². The Hall–Kier alpha value is -1.77. The minimum Gasteiger partial charge on any atom is -0.262 e. The molecule has 2 rings (SSSR count). The number of hydrogen-bond acceptors (Lipinski definition) is 2. The second-order valence-electron chi connectivity index (χ2n) is 7.98. The van der Waals surface area contributed by atoms with Crippen LogP contribution in [-0.2, 0) is 17.3 Å². The fourth-order valence-electron chi connectivity index (χ4n) is 2.80. The van der Waals surface area contributed by atoms with Crippen LogP contribution in [0.4, 0.5) is 4.39 Å². The van der Waals surface area contributed by atoms with Gasteiger partial charge in [-0.15, -0.1) is 0 Å². The van der Waals surface area contributed by atoms with Crippen molar-refractivity contribution in [2.75, 3.05) is 0 Å². The molecule has 0 spiro atoms. The summed E-state index contributed by atoms with van der Waals surface area (Å²) < 4.78 is 14.0. The molecule has 2 nitrogen and oxygen atoms in total. The van der Waals surface area contributed by atoms with Gasteiger partial charge < -0.3 is 0 Å². The van der Waals surface area contributed by atoms with Crippen LogP contribution in [0.3, 0.4) is 0 Å². The molecule has 2 aromatic rings. The van der Waals surface area contributed by atoms with Crippen molar-refractivity contribution < 1.29 is 4.39 Å². The first-order valence-electron chi connectivity index (χ1n) is 8.18. The summed E-state index contributed by atoms with van der Waals surface area (Å²) in [7, 11) is 0. The van der Waals surface area contributed by atoms with E-state index >= 15 is 0 Å². The molecule has 0 aromatic carbocycles. The lowest BCUT2D eigenvalue weighted by molar-refractivity contribution is 0.445. The third-order valence-corrected chi connectivity index (χ3v) is 4.38. The van der Waals surface area contributed by atoms with Crippen molar-refractivity contribution in [3.05, 3.63) is 58.9 Å². The molecule has 0 saturated carbocycles. The predicted octanol–water partition coefficient (Wildman–Crippen LogP) is 5.13. The lowest BCUT2D eigenvalue weighted by atomic mass is 9.80. The van der Waals surface area contributed by atoms with E-state index in [0.29, 0.717) is 0 Å². The number of aryl methyl sites for hydroxylation is 2. The van der Waals surface area contributed by atoms with E-state index in [1.54, 1.807) is 12.3 Å². The Kier molecular flexibility index (Phi) is 4.88. The van der Waals surface area contributed by atoms with Crippen LogP contribution in [0.5, 0.6) is 0 Å². The average Bonchev–Trinajstić information content (AvgIpc) is 2.44. The Morgan fingerprint density at radius 1 is 1.09 bits per heavy atom. The van der Waals surface area contributed by atoms with Crippen molar-refractivity contribution in [3.63, 3.8) is 0 Å². The van der Waals surface area contributed by atoms with Crippen LogP contribution in [0.1, 0.15) is 63.6 Å². The molecule has 3 heteroatoms. The summed E-state index contributed by atoms with van der Waals surface area (Å²) >= 11 is 0. The standard InChI is InChI=1S/C20H27FN2/c1-14-11-15(19(2,3)4)12-16(23-14)7-9-20(5,6)17-8-10-22-13-18(17)21/h8,10-13H,7,9H2,1-6H3. The Morgan fingerprint density at radius 2 is 1.78 bits per heavy atom. The zero-order valence-electron chi connectivity index (χ0n) is 15.1. The number of halogens is 1. The van der Waals surface area contributed by atoms with Crippen LogP contribution in [0.25, 0.3) is 0 Å². The monoisotopic (exact) mass is 314 g/mol. The maximum absolute atomic E-state index is 14.0. The van der Waals surface area contributed by atoms with Crippen LogP contribution >= 0.6 is 0 Å². The second kappa shape index (κ2) is 6.38. The van der Waals surface area contributed by atoms with Crippen LogP contribution < -0.4 is 0 Å². The van der Waals surface area contributed by atoms with Crippen LogP contribution in [-0.4, -0.2) is 9.97 Å². The van der Waals surface area contributed by atoms with Gasteiger partial charge in [-0.25, -0.2) is 4.39 Å². The molecule has 2 aromatic heterocycles. The third kappa shape index (κ3) is 4.37. The molecule has 0 saturated heterocycles. The van der Waals surface area contributed by atoms with Crippen molar-refractivity contribution in [1.29, 1.82) is 0 Å². The predicted molar refractivity (Wildman–Crippen MR) is 93.2 cm³/mol. The maximum Gasteiger partial charge on any atom is 0.145 e. The largest absolute Gasteiger partial charge is 0.262 e. The first-order chi connectivity index (χ1) is 10.6. The van der Waals surface area contributed by atoms with Gasteiger partial charge in [-0.2, -0.15) is 0 Å². The molecule has 0 atom stereocenters. The van der Waals surface area contributed by atoms with Gasteiger partial charge in [-0.1, -0.05) is 34.6 Å². The normalized spacial score (nSPS) is 12.5. The van der Waals surface area contributed by atoms with Gasteiger partial charge in [0, 0.05) is 17.6 Å². The summed E-state index contributed by atoms with van der Waals surface area (Å²) in [5.41, 5.74) is 4.00. The lowest BCUT2D eigenvalue weighted by Crippen LogP contribution is -2.21. The molecule has 0 unspecified atom stereocenters. The van der Waals surface area contributed by atoms with Gasteiger partial charge in [0.25, 0.3) is 0 Å². The molecular weight excluding hydrogens is 287 g/mol. The first kappa shape index (κ1) is 17.6. The molecule has 0 aliphatic heterocycles. The van der Waals surface area contributed by atoms with Gasteiger partial charge in [0.15, 0.2) is 0 Å². The number of aromatic nitrogens is 2. The minimum absolute atomic E-state index is 0.106. The summed E-state index contributed by atoms with van der Waals surface area (Å²) in [6.07, 6.45) is 4.62. The summed E-state index contributed by atoms with van der Waals surface area (Å²) in [6, 6.07) is 6.11. The average molecular weight is 314 g/mol. The van der Waals surface area contributed by atoms with Gasteiger partial charge in [-0.05, 0) is 59.9 Å². The van der Waals surface area contributed by atoms with Gasteiger partial charge in [0.05, 0.1) is 6.20 Å². The van der Waals surface area contributed by atoms with Gasteiger partial charge in [0.1, 0.15) is 5.82 Å². The Bertz CT molecular complexity index is 684. The molecule has 2 heterocycles. The summed E-state index contributed by atoms with van der Waals surface area (Å²) in [6.45, 7) is 12.8. The van der Waals surface area contributed by atoms with Gasteiger partial charge >= 0.3 is 0 Å². The topological polar surface area (TPSA) is 25.8 Å². The van der Waals surface area contributed by atoms with E-state index in [1.165, 1.54) is 11.8 Å². The number of hydrogen-bond donors (Lipinski definition) is 0. The second-order valence-corrected chi connectivity index (χ2v) is 7.98. The minimum atomic E-state index is -0.250. The fourth-order valence-corrected chi connectivity index (χ4v) is 2.80. The molecule has 0 N–H and O–H groups in total. The van der Waals surface area contributed by atoms with Crippen LogP contribution in [0.2, 0.25) is 0 Å². The number of rotatable bonds is 4. The Labute approximate surface area is 139 Å². The molecule has 0 radical (unpaired) electrons. The smallest absolute Gasteiger partial charge is 0.145 e.